The van der Waals surface area contributed by atoms with Crippen LogP contribution in [0.4, 0.5) is 5.95 Å². The van der Waals surface area contributed by atoms with Crippen LogP contribution in [0, 0.1) is 0 Å². The number of aromatic nitrogens is 2. The molecule has 2 unspecified atom stereocenters. The summed E-state index contributed by atoms with van der Waals surface area (Å²) in [4.78, 5) is 11.2. The number of nitrogens with zero attached hydrogens (tertiary/aromatic N) is 3. The lowest BCUT2D eigenvalue weighted by atomic mass is 10.0. The molecule has 0 spiro atoms. The predicted molar refractivity (Wildman–Crippen MR) is 70.0 cm³/mol. The second-order valence-electron chi connectivity index (χ2n) is 5.00. The summed E-state index contributed by atoms with van der Waals surface area (Å²) in [6.45, 7) is 2.20. The van der Waals surface area contributed by atoms with Gasteiger partial charge in [0.05, 0.1) is 7.11 Å². The van der Waals surface area contributed by atoms with E-state index in [0.717, 1.165) is 19.0 Å². The minimum atomic E-state index is 0.541. The fraction of sp³-hybridized carbons (Fsp3) is 0.692. The van der Waals surface area contributed by atoms with Gasteiger partial charge in [0.1, 0.15) is 0 Å². The molecule has 2 fully saturated rings. The molecule has 0 radical (unpaired) electrons. The Balaban J connectivity index is 1.80. The van der Waals surface area contributed by atoms with Crippen LogP contribution in [-0.2, 0) is 0 Å². The molecule has 1 aromatic heterocycles. The highest BCUT2D eigenvalue weighted by molar-refractivity contribution is 5.36. The van der Waals surface area contributed by atoms with Crippen molar-refractivity contribution in [2.24, 2.45) is 0 Å². The number of rotatable bonds is 3. The maximum absolute atomic E-state index is 5.18. The first-order valence-electron chi connectivity index (χ1n) is 6.75. The topological polar surface area (TPSA) is 50.3 Å². The second-order valence-corrected chi connectivity index (χ2v) is 5.00. The van der Waals surface area contributed by atoms with Crippen LogP contribution in [0.2, 0.25) is 0 Å². The number of hydrogen-bond donors (Lipinski definition) is 1. The van der Waals surface area contributed by atoms with E-state index < -0.39 is 0 Å². The highest BCUT2D eigenvalue weighted by Gasteiger charge is 2.34. The lowest BCUT2D eigenvalue weighted by molar-refractivity contribution is 0.395. The monoisotopic (exact) mass is 248 g/mol. The van der Waals surface area contributed by atoms with E-state index in [4.69, 9.17) is 4.74 Å². The summed E-state index contributed by atoms with van der Waals surface area (Å²) >= 11 is 0. The molecule has 2 aliphatic heterocycles. The van der Waals surface area contributed by atoms with Crippen LogP contribution in [0.3, 0.4) is 0 Å². The van der Waals surface area contributed by atoms with Crippen molar-refractivity contribution in [2.75, 3.05) is 25.1 Å². The first kappa shape index (κ1) is 11.7. The van der Waals surface area contributed by atoms with Crippen LogP contribution < -0.4 is 15.0 Å². The summed E-state index contributed by atoms with van der Waals surface area (Å²) in [5.74, 6) is 1.45. The van der Waals surface area contributed by atoms with Crippen LogP contribution in [0.1, 0.15) is 25.7 Å². The zero-order valence-corrected chi connectivity index (χ0v) is 10.8. The van der Waals surface area contributed by atoms with Crippen molar-refractivity contribution in [3.05, 3.63) is 12.3 Å². The molecule has 1 aromatic rings. The summed E-state index contributed by atoms with van der Waals surface area (Å²) in [6.07, 6.45) is 6.79. The molecule has 1 N–H and O–H groups in total. The van der Waals surface area contributed by atoms with Crippen molar-refractivity contribution < 1.29 is 4.74 Å². The lowest BCUT2D eigenvalue weighted by Crippen LogP contribution is -2.44. The summed E-state index contributed by atoms with van der Waals surface area (Å²) < 4.78 is 5.18. The maximum Gasteiger partial charge on any atom is 0.228 e. The Labute approximate surface area is 108 Å². The highest BCUT2D eigenvalue weighted by Crippen LogP contribution is 2.28. The Morgan fingerprint density at radius 3 is 3.11 bits per heavy atom. The summed E-state index contributed by atoms with van der Waals surface area (Å²) in [7, 11) is 1.64. The molecule has 3 rings (SSSR count). The van der Waals surface area contributed by atoms with E-state index in [9.17, 15) is 0 Å². The number of anilines is 1. The highest BCUT2D eigenvalue weighted by atomic mass is 16.5. The van der Waals surface area contributed by atoms with Crippen molar-refractivity contribution in [1.82, 2.24) is 15.3 Å². The van der Waals surface area contributed by atoms with Gasteiger partial charge in [-0.2, -0.15) is 4.98 Å². The van der Waals surface area contributed by atoms with Crippen LogP contribution in [-0.4, -0.2) is 42.3 Å². The van der Waals surface area contributed by atoms with Gasteiger partial charge >= 0.3 is 0 Å². The van der Waals surface area contributed by atoms with Crippen molar-refractivity contribution in [2.45, 2.75) is 37.8 Å². The lowest BCUT2D eigenvalue weighted by Gasteiger charge is -2.29. The molecule has 5 heteroatoms. The fourth-order valence-electron chi connectivity index (χ4n) is 3.08. The first-order valence-corrected chi connectivity index (χ1v) is 6.75. The Morgan fingerprint density at radius 1 is 1.39 bits per heavy atom. The molecule has 2 saturated heterocycles. The van der Waals surface area contributed by atoms with Gasteiger partial charge in [0.25, 0.3) is 0 Å². The summed E-state index contributed by atoms with van der Waals surface area (Å²) in [5.41, 5.74) is 0. The minimum Gasteiger partial charge on any atom is -0.481 e. The normalized spacial score (nSPS) is 27.7. The number of hydrogen-bond acceptors (Lipinski definition) is 5. The standard InChI is InChI=1S/C13H20N4O/c1-18-12-6-8-15-13(16-12)17-9-3-5-11(17)10-4-2-7-14-10/h6,8,10-11,14H,2-5,7,9H2,1H3. The Hall–Kier alpha value is -1.36. The van der Waals surface area contributed by atoms with E-state index in [-0.39, 0.29) is 0 Å². The zero-order chi connectivity index (χ0) is 12.4. The molecule has 0 aliphatic carbocycles. The molecule has 0 amide bonds. The minimum absolute atomic E-state index is 0.541. The van der Waals surface area contributed by atoms with E-state index >= 15 is 0 Å². The van der Waals surface area contributed by atoms with Gasteiger partial charge in [-0.15, -0.1) is 0 Å². The van der Waals surface area contributed by atoms with Crippen LogP contribution in [0.5, 0.6) is 5.88 Å². The molecule has 5 nitrogen and oxygen atoms in total. The molecular weight excluding hydrogens is 228 g/mol. The van der Waals surface area contributed by atoms with Gasteiger partial charge in [0.15, 0.2) is 0 Å². The molecule has 0 bridgehead atoms. The molecule has 0 saturated carbocycles. The Morgan fingerprint density at radius 2 is 2.33 bits per heavy atom. The number of ether oxygens (including phenoxy) is 1. The average molecular weight is 248 g/mol. The SMILES string of the molecule is COc1ccnc(N2CCCC2C2CCCN2)n1. The molecule has 98 valence electrons. The van der Waals surface area contributed by atoms with E-state index in [1.165, 1.54) is 25.7 Å². The van der Waals surface area contributed by atoms with Gasteiger partial charge in [-0.25, -0.2) is 4.98 Å². The molecule has 2 atom stereocenters. The first-order chi connectivity index (χ1) is 8.88. The van der Waals surface area contributed by atoms with Crippen molar-refractivity contribution in [1.29, 1.82) is 0 Å². The van der Waals surface area contributed by atoms with Gasteiger partial charge in [0.2, 0.25) is 11.8 Å². The van der Waals surface area contributed by atoms with Gasteiger partial charge in [-0.1, -0.05) is 0 Å². The number of methoxy groups -OCH3 is 1. The van der Waals surface area contributed by atoms with Crippen LogP contribution in [0.25, 0.3) is 0 Å². The predicted octanol–water partition coefficient (Wildman–Crippen LogP) is 1.21. The zero-order valence-electron chi connectivity index (χ0n) is 10.8. The average Bonchev–Trinajstić information content (AvgIpc) is 3.09. The van der Waals surface area contributed by atoms with Crippen LogP contribution >= 0.6 is 0 Å². The third kappa shape index (κ3) is 2.14. The van der Waals surface area contributed by atoms with Gasteiger partial charge < -0.3 is 15.0 Å². The maximum atomic E-state index is 5.18. The van der Waals surface area contributed by atoms with E-state index in [2.05, 4.69) is 20.2 Å². The Kier molecular flexibility index (Phi) is 3.32. The van der Waals surface area contributed by atoms with Crippen molar-refractivity contribution >= 4 is 5.95 Å². The van der Waals surface area contributed by atoms with E-state index in [1.807, 2.05) is 0 Å². The molecular formula is C13H20N4O. The van der Waals surface area contributed by atoms with E-state index in [0.29, 0.717) is 18.0 Å². The number of nitrogens with one attached hydrogen (secondary N) is 1. The third-order valence-corrected chi connectivity index (χ3v) is 3.95. The van der Waals surface area contributed by atoms with Crippen molar-refractivity contribution in [3.8, 4) is 5.88 Å². The van der Waals surface area contributed by atoms with Crippen molar-refractivity contribution in [3.63, 3.8) is 0 Å². The van der Waals surface area contributed by atoms with Crippen LogP contribution in [0.15, 0.2) is 12.3 Å². The van der Waals surface area contributed by atoms with Gasteiger partial charge in [0, 0.05) is 30.9 Å². The Bertz CT molecular complexity index is 406. The molecule has 3 heterocycles. The fourth-order valence-corrected chi connectivity index (χ4v) is 3.08. The summed E-state index contributed by atoms with van der Waals surface area (Å²) in [5, 5.41) is 3.60. The second kappa shape index (κ2) is 5.10. The molecule has 2 aliphatic rings. The largest absolute Gasteiger partial charge is 0.481 e. The third-order valence-electron chi connectivity index (χ3n) is 3.95. The smallest absolute Gasteiger partial charge is 0.228 e. The van der Waals surface area contributed by atoms with E-state index in [1.54, 1.807) is 19.4 Å². The van der Waals surface area contributed by atoms with Gasteiger partial charge in [-0.3, -0.25) is 0 Å². The molecule has 18 heavy (non-hydrogen) atoms. The quantitative estimate of drug-likeness (QED) is 0.871. The summed E-state index contributed by atoms with van der Waals surface area (Å²) in [6, 6.07) is 2.93. The van der Waals surface area contributed by atoms with Gasteiger partial charge in [-0.05, 0) is 32.2 Å². The molecule has 0 aromatic carbocycles.